The van der Waals surface area contributed by atoms with E-state index < -0.39 is 6.04 Å². The molecule has 0 radical (unpaired) electrons. The number of methoxy groups -OCH3 is 1. The molecule has 242 valence electrons. The van der Waals surface area contributed by atoms with Crippen molar-refractivity contribution in [3.8, 4) is 10.8 Å². The van der Waals surface area contributed by atoms with Crippen molar-refractivity contribution in [2.24, 2.45) is 4.99 Å². The first kappa shape index (κ1) is 32.3. The standard InChI is InChI=1S/C35H35ClN6O4S/c1-20(18-29(43)24-8-12-27(46-5)13-9-24)34(45)41-16-14-40(15-17-41)30(44)19-28-33-39-38-23(4)42(33)35-31(21(2)22(3)47-35)32(37-28)25-6-10-26(36)11-7-25/h6-13,18,28H,14-17,19H2,1-5H3/b20-18+/t28-/m0/s1. The topological polar surface area (TPSA) is 110 Å². The summed E-state index contributed by atoms with van der Waals surface area (Å²) in [6.07, 6.45) is 1.47. The van der Waals surface area contributed by atoms with E-state index in [1.165, 1.54) is 11.0 Å². The predicted octanol–water partition coefficient (Wildman–Crippen LogP) is 5.70. The highest BCUT2D eigenvalue weighted by molar-refractivity contribution is 7.15. The van der Waals surface area contributed by atoms with Crippen molar-refractivity contribution in [2.45, 2.75) is 40.2 Å². The van der Waals surface area contributed by atoms with Gasteiger partial charge in [0.2, 0.25) is 11.8 Å². The highest BCUT2D eigenvalue weighted by Gasteiger charge is 2.34. The second-order valence-electron chi connectivity index (χ2n) is 11.7. The molecule has 1 fully saturated rings. The van der Waals surface area contributed by atoms with Crippen LogP contribution in [-0.4, -0.2) is 81.2 Å². The number of nitrogens with zero attached hydrogens (tertiary/aromatic N) is 6. The third-order valence-corrected chi connectivity index (χ3v) is 10.1. The first-order valence-corrected chi connectivity index (χ1v) is 16.5. The number of benzene rings is 2. The van der Waals surface area contributed by atoms with Crippen LogP contribution in [0.4, 0.5) is 0 Å². The zero-order valence-corrected chi connectivity index (χ0v) is 28.5. The molecule has 1 saturated heterocycles. The van der Waals surface area contributed by atoms with E-state index in [2.05, 4.69) is 24.0 Å². The molecule has 10 nitrogen and oxygen atoms in total. The first-order chi connectivity index (χ1) is 22.5. The number of hydrogen-bond donors (Lipinski definition) is 0. The Morgan fingerprint density at radius 3 is 2.28 bits per heavy atom. The van der Waals surface area contributed by atoms with Gasteiger partial charge in [0.05, 0.1) is 19.2 Å². The maximum Gasteiger partial charge on any atom is 0.249 e. The molecule has 2 amide bonds. The smallest absolute Gasteiger partial charge is 0.249 e. The van der Waals surface area contributed by atoms with Crippen molar-refractivity contribution in [3.63, 3.8) is 0 Å². The quantitative estimate of drug-likeness (QED) is 0.184. The summed E-state index contributed by atoms with van der Waals surface area (Å²) in [6, 6.07) is 13.8. The summed E-state index contributed by atoms with van der Waals surface area (Å²) in [6.45, 7) is 9.22. The lowest BCUT2D eigenvalue weighted by molar-refractivity contribution is -0.137. The SMILES string of the molecule is COc1ccc(C(=O)/C=C(\C)C(=O)N2CCN(C(=O)C[C@@H]3N=C(c4ccc(Cl)cc4)c4c(sc(C)c4C)-n4c(C)nnc43)CC2)cc1. The summed E-state index contributed by atoms with van der Waals surface area (Å²) in [5, 5.41) is 10.5. The number of amides is 2. The largest absolute Gasteiger partial charge is 0.497 e. The summed E-state index contributed by atoms with van der Waals surface area (Å²) in [4.78, 5) is 49.6. The van der Waals surface area contributed by atoms with Crippen LogP contribution in [0.2, 0.25) is 5.02 Å². The van der Waals surface area contributed by atoms with Gasteiger partial charge in [-0.3, -0.25) is 23.9 Å². The lowest BCUT2D eigenvalue weighted by Crippen LogP contribution is -2.51. The van der Waals surface area contributed by atoms with Gasteiger partial charge in [0.15, 0.2) is 11.6 Å². The molecule has 12 heteroatoms. The van der Waals surface area contributed by atoms with Gasteiger partial charge in [-0.2, -0.15) is 0 Å². The van der Waals surface area contributed by atoms with E-state index >= 15 is 0 Å². The fourth-order valence-corrected chi connectivity index (χ4v) is 7.27. The van der Waals surface area contributed by atoms with E-state index in [1.54, 1.807) is 59.4 Å². The van der Waals surface area contributed by atoms with Crippen LogP contribution in [-0.2, 0) is 9.59 Å². The molecule has 2 aromatic heterocycles. The number of aromatic nitrogens is 3. The molecule has 2 aliphatic rings. The van der Waals surface area contributed by atoms with Crippen LogP contribution in [0.5, 0.6) is 5.75 Å². The van der Waals surface area contributed by atoms with Crippen LogP contribution in [0.25, 0.3) is 5.00 Å². The van der Waals surface area contributed by atoms with E-state index in [9.17, 15) is 14.4 Å². The number of hydrogen-bond acceptors (Lipinski definition) is 8. The van der Waals surface area contributed by atoms with E-state index in [0.717, 1.165) is 33.2 Å². The monoisotopic (exact) mass is 670 g/mol. The van der Waals surface area contributed by atoms with Crippen LogP contribution in [0.15, 0.2) is 65.2 Å². The molecule has 0 spiro atoms. The van der Waals surface area contributed by atoms with Crippen molar-refractivity contribution < 1.29 is 19.1 Å². The fourth-order valence-electron chi connectivity index (χ4n) is 5.93. The number of aryl methyl sites for hydroxylation is 2. The molecular weight excluding hydrogens is 636 g/mol. The summed E-state index contributed by atoms with van der Waals surface area (Å²) < 4.78 is 7.18. The van der Waals surface area contributed by atoms with Crippen LogP contribution in [0.3, 0.4) is 0 Å². The van der Waals surface area contributed by atoms with Crippen LogP contribution in [0.1, 0.15) is 63.0 Å². The lowest BCUT2D eigenvalue weighted by atomic mass is 9.99. The van der Waals surface area contributed by atoms with E-state index in [-0.39, 0.29) is 24.0 Å². The second-order valence-corrected chi connectivity index (χ2v) is 13.3. The number of thiophene rings is 1. The maximum atomic E-state index is 13.8. The van der Waals surface area contributed by atoms with Gasteiger partial charge >= 0.3 is 0 Å². The average molecular weight is 671 g/mol. The Morgan fingerprint density at radius 2 is 1.62 bits per heavy atom. The number of halogens is 1. The van der Waals surface area contributed by atoms with Crippen LogP contribution in [0, 0.1) is 20.8 Å². The van der Waals surface area contributed by atoms with Gasteiger partial charge < -0.3 is 14.5 Å². The molecular formula is C35H35ClN6O4S. The molecule has 0 bridgehead atoms. The average Bonchev–Trinajstić information content (AvgIpc) is 3.56. The molecule has 4 aromatic rings. The summed E-state index contributed by atoms with van der Waals surface area (Å²) in [7, 11) is 1.56. The Morgan fingerprint density at radius 1 is 0.957 bits per heavy atom. The van der Waals surface area contributed by atoms with Crippen molar-refractivity contribution >= 4 is 46.2 Å². The molecule has 2 aliphatic heterocycles. The van der Waals surface area contributed by atoms with Crippen molar-refractivity contribution in [1.29, 1.82) is 0 Å². The first-order valence-electron chi connectivity index (χ1n) is 15.4. The lowest BCUT2D eigenvalue weighted by Gasteiger charge is -2.35. The predicted molar refractivity (Wildman–Crippen MR) is 182 cm³/mol. The minimum absolute atomic E-state index is 0.0754. The Kier molecular flexibility index (Phi) is 9.11. The summed E-state index contributed by atoms with van der Waals surface area (Å²) in [5.41, 5.74) is 4.66. The number of ether oxygens (including phenoxy) is 1. The number of aliphatic imine (C=N–C) groups is 1. The van der Waals surface area contributed by atoms with Crippen LogP contribution < -0.4 is 4.74 Å². The Bertz CT molecular complexity index is 1920. The highest BCUT2D eigenvalue weighted by Crippen LogP contribution is 2.39. The third kappa shape index (κ3) is 6.37. The fraction of sp³-hybridized carbons (Fsp3) is 0.314. The zero-order valence-electron chi connectivity index (χ0n) is 26.9. The van der Waals surface area contributed by atoms with Gasteiger partial charge in [0, 0.05) is 58.3 Å². The molecule has 0 aliphatic carbocycles. The number of ketones is 1. The van der Waals surface area contributed by atoms with Crippen molar-refractivity contribution in [2.75, 3.05) is 33.3 Å². The van der Waals surface area contributed by atoms with Gasteiger partial charge in [-0.05, 0) is 75.7 Å². The number of piperazine rings is 1. The Labute approximate surface area is 282 Å². The number of rotatable bonds is 7. The van der Waals surface area contributed by atoms with Gasteiger partial charge in [-0.1, -0.05) is 23.7 Å². The number of fused-ring (bicyclic) bond motifs is 3. The van der Waals surface area contributed by atoms with E-state index in [1.807, 2.05) is 35.8 Å². The molecule has 0 N–H and O–H groups in total. The molecule has 2 aromatic carbocycles. The molecule has 0 unspecified atom stereocenters. The Balaban J connectivity index is 1.19. The van der Waals surface area contributed by atoms with Crippen molar-refractivity contribution in [1.82, 2.24) is 24.6 Å². The van der Waals surface area contributed by atoms with E-state index in [4.69, 9.17) is 21.3 Å². The van der Waals surface area contributed by atoms with Crippen LogP contribution >= 0.6 is 22.9 Å². The normalized spacial score (nSPS) is 16.3. The molecule has 4 heterocycles. The van der Waals surface area contributed by atoms with Gasteiger partial charge in [0.25, 0.3) is 0 Å². The summed E-state index contributed by atoms with van der Waals surface area (Å²) in [5.74, 6) is 1.45. The number of carbonyl (C=O) groups excluding carboxylic acids is 3. The molecule has 47 heavy (non-hydrogen) atoms. The third-order valence-electron chi connectivity index (χ3n) is 8.70. The molecule has 1 atom stereocenters. The highest BCUT2D eigenvalue weighted by atomic mass is 35.5. The van der Waals surface area contributed by atoms with Gasteiger partial charge in [-0.25, -0.2) is 0 Å². The van der Waals surface area contributed by atoms with E-state index in [0.29, 0.717) is 53.9 Å². The van der Waals surface area contributed by atoms with Gasteiger partial charge in [0.1, 0.15) is 22.6 Å². The number of carbonyl (C=O) groups is 3. The number of allylic oxidation sites excluding steroid dienone is 1. The minimum Gasteiger partial charge on any atom is -0.497 e. The maximum absolute atomic E-state index is 13.8. The summed E-state index contributed by atoms with van der Waals surface area (Å²) >= 11 is 7.89. The second kappa shape index (κ2) is 13.2. The van der Waals surface area contributed by atoms with Gasteiger partial charge in [-0.15, -0.1) is 21.5 Å². The van der Waals surface area contributed by atoms with Crippen molar-refractivity contribution in [3.05, 3.63) is 104 Å². The molecule has 6 rings (SSSR count). The molecule has 0 saturated carbocycles. The zero-order chi connectivity index (χ0) is 33.4. The minimum atomic E-state index is -0.567. The Hall–Kier alpha value is -4.61.